The molecule has 1 aromatic carbocycles. The summed E-state index contributed by atoms with van der Waals surface area (Å²) in [5, 5.41) is 15.6. The molecule has 0 saturated heterocycles. The summed E-state index contributed by atoms with van der Waals surface area (Å²) >= 11 is 0. The van der Waals surface area contributed by atoms with Gasteiger partial charge in [0.25, 0.3) is 0 Å². The van der Waals surface area contributed by atoms with Crippen molar-refractivity contribution < 1.29 is 0 Å². The van der Waals surface area contributed by atoms with Gasteiger partial charge in [-0.25, -0.2) is 0 Å². The zero-order valence-corrected chi connectivity index (χ0v) is 8.70. The highest BCUT2D eigenvalue weighted by Crippen LogP contribution is 2.22. The molecule has 3 nitrogen and oxygen atoms in total. The van der Waals surface area contributed by atoms with Crippen molar-refractivity contribution >= 4 is 0 Å². The molecule has 0 atom stereocenters. The predicted octanol–water partition coefficient (Wildman–Crippen LogP) is 2.57. The summed E-state index contributed by atoms with van der Waals surface area (Å²) in [6.45, 7) is 4.12. The van der Waals surface area contributed by atoms with Gasteiger partial charge in [-0.2, -0.15) is 10.4 Å². The molecule has 0 aliphatic rings. The lowest BCUT2D eigenvalue weighted by Crippen LogP contribution is -1.85. The number of benzene rings is 1. The van der Waals surface area contributed by atoms with Crippen LogP contribution in [0.25, 0.3) is 11.3 Å². The Labute approximate surface area is 88.4 Å². The minimum Gasteiger partial charge on any atom is -0.276 e. The summed E-state index contributed by atoms with van der Waals surface area (Å²) in [5.41, 5.74) is 4.84. The maximum atomic E-state index is 8.88. The van der Waals surface area contributed by atoms with Crippen LogP contribution in [0.5, 0.6) is 0 Å². The minimum atomic E-state index is 0.582. The number of aryl methyl sites for hydroxylation is 2. The van der Waals surface area contributed by atoms with Gasteiger partial charge < -0.3 is 0 Å². The van der Waals surface area contributed by atoms with E-state index < -0.39 is 0 Å². The molecule has 3 heteroatoms. The summed E-state index contributed by atoms with van der Waals surface area (Å²) in [7, 11) is 0. The van der Waals surface area contributed by atoms with Gasteiger partial charge in [0.1, 0.15) is 6.07 Å². The third-order valence-electron chi connectivity index (χ3n) is 2.56. The lowest BCUT2D eigenvalue weighted by atomic mass is 10.0. The van der Waals surface area contributed by atoms with Crippen LogP contribution in [0, 0.1) is 25.2 Å². The van der Waals surface area contributed by atoms with E-state index in [1.807, 2.05) is 12.1 Å². The zero-order valence-electron chi connectivity index (χ0n) is 8.70. The average molecular weight is 197 g/mol. The fourth-order valence-corrected chi connectivity index (χ4v) is 1.49. The molecule has 0 aliphatic heterocycles. The number of rotatable bonds is 1. The maximum absolute atomic E-state index is 8.88. The van der Waals surface area contributed by atoms with E-state index in [2.05, 4.69) is 36.2 Å². The van der Waals surface area contributed by atoms with Crippen molar-refractivity contribution in [3.8, 4) is 17.3 Å². The lowest BCUT2D eigenvalue weighted by Gasteiger charge is -2.03. The van der Waals surface area contributed by atoms with Crippen LogP contribution in [-0.2, 0) is 0 Å². The Bertz CT molecular complexity index is 532. The van der Waals surface area contributed by atoms with Gasteiger partial charge in [0.2, 0.25) is 0 Å². The summed E-state index contributed by atoms with van der Waals surface area (Å²) in [6.07, 6.45) is 1.55. The van der Waals surface area contributed by atoms with Gasteiger partial charge in [0.15, 0.2) is 0 Å². The molecule has 15 heavy (non-hydrogen) atoms. The van der Waals surface area contributed by atoms with Gasteiger partial charge in [0, 0.05) is 5.56 Å². The quantitative estimate of drug-likeness (QED) is 0.763. The number of aromatic amines is 1. The molecule has 0 fully saturated rings. The van der Waals surface area contributed by atoms with E-state index in [4.69, 9.17) is 5.26 Å². The van der Waals surface area contributed by atoms with Crippen molar-refractivity contribution in [2.45, 2.75) is 13.8 Å². The molecule has 0 radical (unpaired) electrons. The van der Waals surface area contributed by atoms with Crippen LogP contribution in [0.2, 0.25) is 0 Å². The van der Waals surface area contributed by atoms with Crippen molar-refractivity contribution in [3.05, 3.63) is 41.1 Å². The summed E-state index contributed by atoms with van der Waals surface area (Å²) in [5.74, 6) is 0. The van der Waals surface area contributed by atoms with Crippen molar-refractivity contribution in [1.29, 1.82) is 5.26 Å². The van der Waals surface area contributed by atoms with E-state index in [1.54, 1.807) is 6.20 Å². The third kappa shape index (κ3) is 1.62. The van der Waals surface area contributed by atoms with Gasteiger partial charge in [-0.3, -0.25) is 5.10 Å². The summed E-state index contributed by atoms with van der Waals surface area (Å²) in [4.78, 5) is 0. The second-order valence-electron chi connectivity index (χ2n) is 3.57. The number of nitrogens with zero attached hydrogens (tertiary/aromatic N) is 2. The zero-order chi connectivity index (χ0) is 10.8. The smallest absolute Gasteiger partial charge is 0.103 e. The van der Waals surface area contributed by atoms with E-state index in [-0.39, 0.29) is 0 Å². The first kappa shape index (κ1) is 9.47. The number of aromatic nitrogens is 2. The van der Waals surface area contributed by atoms with E-state index >= 15 is 0 Å². The Hall–Kier alpha value is -2.08. The molecular weight excluding hydrogens is 186 g/mol. The molecule has 1 heterocycles. The number of hydrogen-bond acceptors (Lipinski definition) is 2. The standard InChI is InChI=1S/C12H11N3/c1-8-3-4-10(5-9(8)2)12-11(6-13)7-14-15-12/h3-5,7H,1-2H3,(H,14,15). The first-order valence-corrected chi connectivity index (χ1v) is 4.73. The number of nitrogens with one attached hydrogen (secondary N) is 1. The number of nitriles is 1. The lowest BCUT2D eigenvalue weighted by molar-refractivity contribution is 1.09. The molecule has 0 bridgehead atoms. The van der Waals surface area contributed by atoms with Gasteiger partial charge in [-0.15, -0.1) is 0 Å². The van der Waals surface area contributed by atoms with E-state index in [0.717, 1.165) is 11.3 Å². The normalized spacial score (nSPS) is 9.93. The Morgan fingerprint density at radius 3 is 2.73 bits per heavy atom. The minimum absolute atomic E-state index is 0.582. The second kappa shape index (κ2) is 3.58. The van der Waals surface area contributed by atoms with Crippen LogP contribution in [0.4, 0.5) is 0 Å². The van der Waals surface area contributed by atoms with Gasteiger partial charge in [-0.05, 0) is 31.0 Å². The second-order valence-corrected chi connectivity index (χ2v) is 3.57. The highest BCUT2D eigenvalue weighted by atomic mass is 15.1. The largest absolute Gasteiger partial charge is 0.276 e. The monoisotopic (exact) mass is 197 g/mol. The SMILES string of the molecule is Cc1ccc(-c2[nH]ncc2C#N)cc1C. The molecule has 1 aromatic heterocycles. The van der Waals surface area contributed by atoms with Crippen LogP contribution in [0.15, 0.2) is 24.4 Å². The fourth-order valence-electron chi connectivity index (χ4n) is 1.49. The summed E-state index contributed by atoms with van der Waals surface area (Å²) in [6, 6.07) is 8.22. The topological polar surface area (TPSA) is 52.5 Å². The predicted molar refractivity (Wildman–Crippen MR) is 58.2 cm³/mol. The van der Waals surface area contributed by atoms with E-state index in [9.17, 15) is 0 Å². The number of H-pyrrole nitrogens is 1. The van der Waals surface area contributed by atoms with Crippen molar-refractivity contribution in [2.24, 2.45) is 0 Å². The molecule has 1 N–H and O–H groups in total. The molecule has 0 amide bonds. The van der Waals surface area contributed by atoms with Gasteiger partial charge in [0.05, 0.1) is 17.5 Å². The van der Waals surface area contributed by atoms with E-state index in [1.165, 1.54) is 11.1 Å². The molecule has 0 aliphatic carbocycles. The van der Waals surface area contributed by atoms with Crippen LogP contribution < -0.4 is 0 Å². The molecule has 0 spiro atoms. The molecule has 0 saturated carbocycles. The third-order valence-corrected chi connectivity index (χ3v) is 2.56. The van der Waals surface area contributed by atoms with Gasteiger partial charge >= 0.3 is 0 Å². The first-order chi connectivity index (χ1) is 7.22. The van der Waals surface area contributed by atoms with Crippen LogP contribution in [0.3, 0.4) is 0 Å². The first-order valence-electron chi connectivity index (χ1n) is 4.73. The molecule has 2 aromatic rings. The maximum Gasteiger partial charge on any atom is 0.103 e. The molecule has 2 rings (SSSR count). The summed E-state index contributed by atoms with van der Waals surface area (Å²) < 4.78 is 0. The van der Waals surface area contributed by atoms with Crippen LogP contribution in [-0.4, -0.2) is 10.2 Å². The van der Waals surface area contributed by atoms with Gasteiger partial charge in [-0.1, -0.05) is 12.1 Å². The van der Waals surface area contributed by atoms with Crippen molar-refractivity contribution in [2.75, 3.05) is 0 Å². The molecular formula is C12H11N3. The Morgan fingerprint density at radius 1 is 1.27 bits per heavy atom. The average Bonchev–Trinajstić information content (AvgIpc) is 2.70. The highest BCUT2D eigenvalue weighted by molar-refractivity contribution is 5.66. The van der Waals surface area contributed by atoms with E-state index in [0.29, 0.717) is 5.56 Å². The number of hydrogen-bond donors (Lipinski definition) is 1. The molecule has 0 unspecified atom stereocenters. The Balaban J connectivity index is 2.56. The highest BCUT2D eigenvalue weighted by Gasteiger charge is 2.07. The Kier molecular flexibility index (Phi) is 2.26. The molecule has 74 valence electrons. The van der Waals surface area contributed by atoms with Crippen LogP contribution >= 0.6 is 0 Å². The van der Waals surface area contributed by atoms with Crippen LogP contribution in [0.1, 0.15) is 16.7 Å². The van der Waals surface area contributed by atoms with Crippen molar-refractivity contribution in [1.82, 2.24) is 10.2 Å². The van der Waals surface area contributed by atoms with Crippen molar-refractivity contribution in [3.63, 3.8) is 0 Å². The fraction of sp³-hybridized carbons (Fsp3) is 0.167. The Morgan fingerprint density at radius 2 is 2.07 bits per heavy atom.